The summed E-state index contributed by atoms with van der Waals surface area (Å²) in [6.07, 6.45) is 3.87. The van der Waals surface area contributed by atoms with E-state index in [4.69, 9.17) is 11.6 Å². The molecular formula is C14H14ClN3O. The van der Waals surface area contributed by atoms with Crippen molar-refractivity contribution in [2.45, 2.75) is 25.7 Å². The molecule has 0 saturated heterocycles. The van der Waals surface area contributed by atoms with Crippen LogP contribution in [0.1, 0.15) is 24.1 Å². The number of rotatable bonds is 2. The first kappa shape index (κ1) is 12.2. The number of aryl methyl sites for hydroxylation is 1. The second-order valence-corrected chi connectivity index (χ2v) is 5.12. The molecule has 0 fully saturated rings. The van der Waals surface area contributed by atoms with Crippen molar-refractivity contribution in [1.82, 2.24) is 9.97 Å². The summed E-state index contributed by atoms with van der Waals surface area (Å²) in [6.45, 7) is 0. The van der Waals surface area contributed by atoms with Crippen LogP contribution in [-0.4, -0.2) is 9.97 Å². The molecule has 0 radical (unpaired) electrons. The maximum atomic E-state index is 12.0. The average molecular weight is 276 g/mol. The highest BCUT2D eigenvalue weighted by Gasteiger charge is 2.15. The lowest BCUT2D eigenvalue weighted by Crippen LogP contribution is -2.22. The Morgan fingerprint density at radius 3 is 2.95 bits per heavy atom. The normalized spacial score (nSPS) is 13.9. The first-order valence-corrected chi connectivity index (χ1v) is 6.75. The number of fused-ring (bicyclic) bond motifs is 1. The number of aromatic amines is 1. The number of nitrogens with one attached hydrogen (secondary N) is 2. The molecule has 2 N–H and O–H groups in total. The summed E-state index contributed by atoms with van der Waals surface area (Å²) < 4.78 is 0. The van der Waals surface area contributed by atoms with Gasteiger partial charge in [-0.15, -0.1) is 0 Å². The third kappa shape index (κ3) is 2.63. The summed E-state index contributed by atoms with van der Waals surface area (Å²) in [5, 5.41) is 3.73. The van der Waals surface area contributed by atoms with E-state index in [9.17, 15) is 4.79 Å². The molecule has 2 aromatic rings. The highest BCUT2D eigenvalue weighted by molar-refractivity contribution is 6.30. The highest BCUT2D eigenvalue weighted by atomic mass is 35.5. The van der Waals surface area contributed by atoms with Crippen LogP contribution in [-0.2, 0) is 12.8 Å². The van der Waals surface area contributed by atoms with Crippen molar-refractivity contribution in [1.29, 1.82) is 0 Å². The van der Waals surface area contributed by atoms with E-state index < -0.39 is 0 Å². The Balaban J connectivity index is 1.94. The standard InChI is InChI=1S/C14H14ClN3O/c15-9-4-3-5-10(8-9)16-14-17-12-7-2-1-6-11(12)13(19)18-14/h3-5,8H,1-2,6-7H2,(H2,16,17,18,19). The van der Waals surface area contributed by atoms with Crippen LogP contribution in [0.3, 0.4) is 0 Å². The van der Waals surface area contributed by atoms with E-state index in [1.54, 1.807) is 12.1 Å². The number of nitrogens with zero attached hydrogens (tertiary/aromatic N) is 1. The lowest BCUT2D eigenvalue weighted by Gasteiger charge is -2.15. The minimum absolute atomic E-state index is 0.0331. The Bertz CT molecular complexity index is 666. The van der Waals surface area contributed by atoms with Gasteiger partial charge in [0.2, 0.25) is 5.95 Å². The molecule has 0 spiro atoms. The Labute approximate surface area is 115 Å². The molecule has 5 heteroatoms. The predicted molar refractivity (Wildman–Crippen MR) is 76.2 cm³/mol. The van der Waals surface area contributed by atoms with Crippen molar-refractivity contribution in [2.24, 2.45) is 0 Å². The minimum atomic E-state index is -0.0331. The Hall–Kier alpha value is -1.81. The van der Waals surface area contributed by atoms with E-state index in [1.807, 2.05) is 12.1 Å². The quantitative estimate of drug-likeness (QED) is 0.886. The fraction of sp³-hybridized carbons (Fsp3) is 0.286. The van der Waals surface area contributed by atoms with Gasteiger partial charge in [0.05, 0.1) is 5.69 Å². The van der Waals surface area contributed by atoms with Gasteiger partial charge in [-0.25, -0.2) is 4.98 Å². The van der Waals surface area contributed by atoms with Gasteiger partial charge in [-0.1, -0.05) is 17.7 Å². The Morgan fingerprint density at radius 2 is 2.11 bits per heavy atom. The maximum absolute atomic E-state index is 12.0. The third-order valence-electron chi connectivity index (χ3n) is 3.28. The number of hydrogen-bond acceptors (Lipinski definition) is 3. The van der Waals surface area contributed by atoms with Crippen LogP contribution in [0.25, 0.3) is 0 Å². The molecule has 0 bridgehead atoms. The highest BCUT2D eigenvalue weighted by Crippen LogP contribution is 2.20. The average Bonchev–Trinajstić information content (AvgIpc) is 2.39. The summed E-state index contributed by atoms with van der Waals surface area (Å²) in [5.74, 6) is 0.480. The summed E-state index contributed by atoms with van der Waals surface area (Å²) in [7, 11) is 0. The molecule has 1 aromatic heterocycles. The van der Waals surface area contributed by atoms with Gasteiger partial charge in [0, 0.05) is 16.3 Å². The Morgan fingerprint density at radius 1 is 1.26 bits per heavy atom. The predicted octanol–water partition coefficient (Wildman–Crippen LogP) is 3.05. The van der Waals surface area contributed by atoms with Gasteiger partial charge in [-0.05, 0) is 43.9 Å². The fourth-order valence-electron chi connectivity index (χ4n) is 2.37. The number of aromatic nitrogens is 2. The van der Waals surface area contributed by atoms with E-state index in [1.165, 1.54) is 0 Å². The largest absolute Gasteiger partial charge is 0.326 e. The minimum Gasteiger partial charge on any atom is -0.326 e. The smallest absolute Gasteiger partial charge is 0.255 e. The van der Waals surface area contributed by atoms with Crippen LogP contribution in [0.15, 0.2) is 29.1 Å². The van der Waals surface area contributed by atoms with Gasteiger partial charge in [-0.3, -0.25) is 9.78 Å². The van der Waals surface area contributed by atoms with Crippen molar-refractivity contribution in [3.63, 3.8) is 0 Å². The molecule has 4 nitrogen and oxygen atoms in total. The Kier molecular flexibility index (Phi) is 3.25. The summed E-state index contributed by atoms with van der Waals surface area (Å²) in [6, 6.07) is 7.32. The van der Waals surface area contributed by atoms with Crippen LogP contribution >= 0.6 is 11.6 Å². The molecule has 1 aromatic carbocycles. The summed E-state index contributed by atoms with van der Waals surface area (Å²) in [5.41, 5.74) is 2.53. The number of benzene rings is 1. The molecule has 1 aliphatic rings. The summed E-state index contributed by atoms with van der Waals surface area (Å²) in [4.78, 5) is 19.3. The van der Waals surface area contributed by atoms with Crippen LogP contribution in [0, 0.1) is 0 Å². The number of halogens is 1. The summed E-state index contributed by atoms with van der Waals surface area (Å²) >= 11 is 5.93. The molecule has 3 rings (SSSR count). The lowest BCUT2D eigenvalue weighted by atomic mass is 9.97. The molecule has 0 amide bonds. The molecule has 0 saturated carbocycles. The van der Waals surface area contributed by atoms with Crippen LogP contribution < -0.4 is 10.9 Å². The second kappa shape index (κ2) is 5.05. The van der Waals surface area contributed by atoms with Gasteiger partial charge in [0.25, 0.3) is 5.56 Å². The molecule has 0 aliphatic heterocycles. The lowest BCUT2D eigenvalue weighted by molar-refractivity contribution is 0.658. The zero-order valence-electron chi connectivity index (χ0n) is 10.4. The molecule has 0 unspecified atom stereocenters. The van der Waals surface area contributed by atoms with Gasteiger partial charge >= 0.3 is 0 Å². The van der Waals surface area contributed by atoms with E-state index in [-0.39, 0.29) is 5.56 Å². The zero-order valence-corrected chi connectivity index (χ0v) is 11.1. The monoisotopic (exact) mass is 275 g/mol. The molecule has 0 atom stereocenters. The van der Waals surface area contributed by atoms with Gasteiger partial charge in [0.1, 0.15) is 0 Å². The van der Waals surface area contributed by atoms with Crippen molar-refractivity contribution in [3.05, 3.63) is 50.9 Å². The van der Waals surface area contributed by atoms with Crippen LogP contribution in [0.2, 0.25) is 5.02 Å². The molecule has 19 heavy (non-hydrogen) atoms. The molecule has 98 valence electrons. The van der Waals surface area contributed by atoms with Gasteiger partial charge < -0.3 is 5.32 Å². The number of hydrogen-bond donors (Lipinski definition) is 2. The first-order chi connectivity index (χ1) is 9.22. The van der Waals surface area contributed by atoms with Gasteiger partial charge in [-0.2, -0.15) is 0 Å². The van der Waals surface area contributed by atoms with Crippen molar-refractivity contribution < 1.29 is 0 Å². The van der Waals surface area contributed by atoms with E-state index in [2.05, 4.69) is 15.3 Å². The number of anilines is 2. The second-order valence-electron chi connectivity index (χ2n) is 4.68. The van der Waals surface area contributed by atoms with Crippen molar-refractivity contribution in [2.75, 3.05) is 5.32 Å². The van der Waals surface area contributed by atoms with Crippen molar-refractivity contribution >= 4 is 23.2 Å². The zero-order chi connectivity index (χ0) is 13.2. The molecular weight excluding hydrogens is 262 g/mol. The number of H-pyrrole nitrogens is 1. The topological polar surface area (TPSA) is 57.8 Å². The fourth-order valence-corrected chi connectivity index (χ4v) is 2.56. The third-order valence-corrected chi connectivity index (χ3v) is 3.51. The van der Waals surface area contributed by atoms with Gasteiger partial charge in [0.15, 0.2) is 0 Å². The van der Waals surface area contributed by atoms with Crippen LogP contribution in [0.4, 0.5) is 11.6 Å². The first-order valence-electron chi connectivity index (χ1n) is 6.37. The van der Waals surface area contributed by atoms with Crippen molar-refractivity contribution in [3.8, 4) is 0 Å². The molecule has 1 aliphatic carbocycles. The maximum Gasteiger partial charge on any atom is 0.255 e. The van der Waals surface area contributed by atoms with E-state index in [0.29, 0.717) is 11.0 Å². The van der Waals surface area contributed by atoms with Crippen LogP contribution in [0.5, 0.6) is 0 Å². The SMILES string of the molecule is O=c1[nH]c(Nc2cccc(Cl)c2)nc2c1CCCC2. The van der Waals surface area contributed by atoms with E-state index >= 15 is 0 Å². The van der Waals surface area contributed by atoms with E-state index in [0.717, 1.165) is 42.6 Å². The molecule has 1 heterocycles.